The van der Waals surface area contributed by atoms with Crippen LogP contribution in [0.4, 0.5) is 4.39 Å². The largest absolute Gasteiger partial charge is 0.316 e. The van der Waals surface area contributed by atoms with Crippen LogP contribution < -0.4 is 5.32 Å². The minimum Gasteiger partial charge on any atom is -0.316 e. The highest BCUT2D eigenvalue weighted by atomic mass is 19.1. The number of halogens is 1. The zero-order chi connectivity index (χ0) is 13.1. The summed E-state index contributed by atoms with van der Waals surface area (Å²) in [5.74, 6) is 0.434. The van der Waals surface area contributed by atoms with Crippen LogP contribution in [0.15, 0.2) is 36.7 Å². The molecule has 19 heavy (non-hydrogen) atoms. The van der Waals surface area contributed by atoms with Crippen molar-refractivity contribution in [2.45, 2.75) is 19.4 Å². The summed E-state index contributed by atoms with van der Waals surface area (Å²) < 4.78 is 15.6. The van der Waals surface area contributed by atoms with Gasteiger partial charge in [0.2, 0.25) is 0 Å². The third kappa shape index (κ3) is 2.84. The number of nitrogens with one attached hydrogen (secondary N) is 1. The Labute approximate surface area is 112 Å². The minimum absolute atomic E-state index is 0.193. The van der Waals surface area contributed by atoms with Crippen molar-refractivity contribution in [3.63, 3.8) is 0 Å². The van der Waals surface area contributed by atoms with Gasteiger partial charge in [-0.05, 0) is 37.9 Å². The van der Waals surface area contributed by atoms with Crippen molar-refractivity contribution in [3.05, 3.63) is 42.5 Å². The van der Waals surface area contributed by atoms with Gasteiger partial charge < -0.3 is 5.32 Å². The number of aromatic nitrogens is 2. The van der Waals surface area contributed by atoms with E-state index in [9.17, 15) is 4.39 Å². The molecule has 2 heterocycles. The molecule has 0 amide bonds. The lowest BCUT2D eigenvalue weighted by atomic mass is 10.00. The fourth-order valence-corrected chi connectivity index (χ4v) is 2.64. The van der Waals surface area contributed by atoms with Gasteiger partial charge in [0.25, 0.3) is 0 Å². The number of benzene rings is 1. The molecule has 0 saturated carbocycles. The molecule has 3 rings (SSSR count). The summed E-state index contributed by atoms with van der Waals surface area (Å²) in [6, 6.07) is 6.83. The predicted octanol–water partition coefficient (Wildman–Crippen LogP) is 2.69. The lowest BCUT2D eigenvalue weighted by Gasteiger charge is -2.22. The Morgan fingerprint density at radius 3 is 3.05 bits per heavy atom. The Bertz CT molecular complexity index is 544. The summed E-state index contributed by atoms with van der Waals surface area (Å²) in [4.78, 5) is 0. The molecule has 1 saturated heterocycles. The number of hydrogen-bond donors (Lipinski definition) is 1. The van der Waals surface area contributed by atoms with E-state index in [2.05, 4.69) is 10.4 Å². The van der Waals surface area contributed by atoms with Crippen molar-refractivity contribution >= 4 is 0 Å². The molecule has 1 aromatic carbocycles. The quantitative estimate of drug-likeness (QED) is 0.918. The first-order valence-electron chi connectivity index (χ1n) is 6.81. The third-order valence-electron chi connectivity index (χ3n) is 3.66. The fraction of sp³-hybridized carbons (Fsp3) is 0.400. The molecule has 1 aliphatic rings. The Kier molecular flexibility index (Phi) is 3.60. The zero-order valence-corrected chi connectivity index (χ0v) is 10.8. The number of hydrogen-bond acceptors (Lipinski definition) is 2. The maximum atomic E-state index is 13.7. The van der Waals surface area contributed by atoms with Crippen LogP contribution in [0.5, 0.6) is 0 Å². The second-order valence-corrected chi connectivity index (χ2v) is 5.14. The average Bonchev–Trinajstić information content (AvgIpc) is 2.89. The van der Waals surface area contributed by atoms with E-state index in [0.29, 0.717) is 11.5 Å². The van der Waals surface area contributed by atoms with Gasteiger partial charge in [-0.15, -0.1) is 0 Å². The molecule has 0 radical (unpaired) electrons. The van der Waals surface area contributed by atoms with E-state index in [1.54, 1.807) is 18.3 Å². The monoisotopic (exact) mass is 259 g/mol. The molecule has 1 N–H and O–H groups in total. The molecule has 2 aromatic rings. The second-order valence-electron chi connectivity index (χ2n) is 5.14. The molecular formula is C15H18FN3. The van der Waals surface area contributed by atoms with E-state index in [1.165, 1.54) is 18.9 Å². The summed E-state index contributed by atoms with van der Waals surface area (Å²) in [5.41, 5.74) is 1.47. The van der Waals surface area contributed by atoms with Crippen molar-refractivity contribution in [2.24, 2.45) is 5.92 Å². The average molecular weight is 259 g/mol. The van der Waals surface area contributed by atoms with Crippen LogP contribution in [0.3, 0.4) is 0 Å². The van der Waals surface area contributed by atoms with Crippen molar-refractivity contribution in [3.8, 4) is 11.1 Å². The van der Waals surface area contributed by atoms with Gasteiger partial charge >= 0.3 is 0 Å². The van der Waals surface area contributed by atoms with Gasteiger partial charge in [0.15, 0.2) is 0 Å². The smallest absolute Gasteiger partial charge is 0.131 e. The van der Waals surface area contributed by atoms with Gasteiger partial charge in [-0.1, -0.05) is 18.2 Å². The molecule has 1 fully saturated rings. The number of rotatable bonds is 3. The Morgan fingerprint density at radius 2 is 2.26 bits per heavy atom. The number of nitrogens with zero attached hydrogens (tertiary/aromatic N) is 2. The van der Waals surface area contributed by atoms with Crippen molar-refractivity contribution in [1.82, 2.24) is 15.1 Å². The summed E-state index contributed by atoms with van der Waals surface area (Å²) in [6.45, 7) is 3.08. The van der Waals surface area contributed by atoms with E-state index in [4.69, 9.17) is 0 Å². The molecule has 3 nitrogen and oxygen atoms in total. The van der Waals surface area contributed by atoms with Gasteiger partial charge in [0, 0.05) is 23.9 Å². The molecule has 1 unspecified atom stereocenters. The first kappa shape index (κ1) is 12.4. The highest BCUT2D eigenvalue weighted by Crippen LogP contribution is 2.22. The van der Waals surface area contributed by atoms with E-state index >= 15 is 0 Å². The predicted molar refractivity (Wildman–Crippen MR) is 73.2 cm³/mol. The molecule has 1 aliphatic heterocycles. The van der Waals surface area contributed by atoms with E-state index in [0.717, 1.165) is 25.2 Å². The Hall–Kier alpha value is -1.68. The highest BCUT2D eigenvalue weighted by molar-refractivity contribution is 5.62. The molecule has 1 aromatic heterocycles. The van der Waals surface area contributed by atoms with Crippen LogP contribution in [0, 0.1) is 11.7 Å². The maximum Gasteiger partial charge on any atom is 0.131 e. The Balaban J connectivity index is 1.74. The molecule has 0 spiro atoms. The fourth-order valence-electron chi connectivity index (χ4n) is 2.64. The lowest BCUT2D eigenvalue weighted by molar-refractivity contribution is 0.325. The van der Waals surface area contributed by atoms with Gasteiger partial charge in [-0.2, -0.15) is 5.10 Å². The van der Waals surface area contributed by atoms with E-state index in [-0.39, 0.29) is 5.82 Å². The van der Waals surface area contributed by atoms with Crippen LogP contribution in [-0.2, 0) is 6.54 Å². The van der Waals surface area contributed by atoms with Crippen molar-refractivity contribution in [2.75, 3.05) is 13.1 Å². The lowest BCUT2D eigenvalue weighted by Crippen LogP contribution is -2.32. The highest BCUT2D eigenvalue weighted by Gasteiger charge is 2.14. The summed E-state index contributed by atoms with van der Waals surface area (Å²) in [7, 11) is 0. The first-order valence-corrected chi connectivity index (χ1v) is 6.81. The van der Waals surface area contributed by atoms with E-state index in [1.807, 2.05) is 16.9 Å². The molecular weight excluding hydrogens is 241 g/mol. The molecule has 0 bridgehead atoms. The molecule has 0 aliphatic carbocycles. The zero-order valence-electron chi connectivity index (χ0n) is 10.8. The topological polar surface area (TPSA) is 29.9 Å². The standard InChI is InChI=1S/C15H18FN3/c16-15-6-2-1-5-14(15)13-9-18-19(11-13)10-12-4-3-7-17-8-12/h1-2,5-6,9,11-12,17H,3-4,7-8,10H2. The second kappa shape index (κ2) is 5.53. The van der Waals surface area contributed by atoms with Crippen LogP contribution in [0.25, 0.3) is 11.1 Å². The van der Waals surface area contributed by atoms with Crippen LogP contribution in [-0.4, -0.2) is 22.9 Å². The minimum atomic E-state index is -0.193. The SMILES string of the molecule is Fc1ccccc1-c1cnn(CC2CCCNC2)c1. The van der Waals surface area contributed by atoms with Gasteiger partial charge in [-0.25, -0.2) is 4.39 Å². The van der Waals surface area contributed by atoms with Gasteiger partial charge in [0.05, 0.1) is 6.20 Å². The van der Waals surface area contributed by atoms with E-state index < -0.39 is 0 Å². The van der Waals surface area contributed by atoms with Gasteiger partial charge in [0.1, 0.15) is 5.82 Å². The summed E-state index contributed by atoms with van der Waals surface area (Å²) in [5, 5.41) is 7.75. The normalized spacial score (nSPS) is 19.5. The number of piperidine rings is 1. The van der Waals surface area contributed by atoms with Crippen LogP contribution >= 0.6 is 0 Å². The van der Waals surface area contributed by atoms with Crippen molar-refractivity contribution in [1.29, 1.82) is 0 Å². The molecule has 100 valence electrons. The molecule has 1 atom stereocenters. The first-order chi connectivity index (χ1) is 9.33. The Morgan fingerprint density at radius 1 is 1.37 bits per heavy atom. The van der Waals surface area contributed by atoms with Crippen molar-refractivity contribution < 1.29 is 4.39 Å². The summed E-state index contributed by atoms with van der Waals surface area (Å²) >= 11 is 0. The third-order valence-corrected chi connectivity index (χ3v) is 3.66. The molecule has 4 heteroatoms. The van der Waals surface area contributed by atoms with Gasteiger partial charge in [-0.3, -0.25) is 4.68 Å². The van der Waals surface area contributed by atoms with Crippen LogP contribution in [0.1, 0.15) is 12.8 Å². The maximum absolute atomic E-state index is 13.7. The van der Waals surface area contributed by atoms with Crippen LogP contribution in [0.2, 0.25) is 0 Å². The summed E-state index contributed by atoms with van der Waals surface area (Å²) in [6.07, 6.45) is 6.15.